The van der Waals surface area contributed by atoms with E-state index in [-0.39, 0.29) is 29.7 Å². The van der Waals surface area contributed by atoms with Crippen molar-refractivity contribution in [2.24, 2.45) is 29.6 Å². The minimum absolute atomic E-state index is 0.00694. The van der Waals surface area contributed by atoms with Gasteiger partial charge in [-0.2, -0.15) is 0 Å². The molecule has 2 aliphatic carbocycles. The lowest BCUT2D eigenvalue weighted by molar-refractivity contribution is -0.144. The van der Waals surface area contributed by atoms with E-state index in [0.29, 0.717) is 17.8 Å². The van der Waals surface area contributed by atoms with Gasteiger partial charge < -0.3 is 4.74 Å². The van der Waals surface area contributed by atoms with Crippen molar-refractivity contribution in [3.8, 4) is 11.1 Å². The maximum atomic E-state index is 13.5. The van der Waals surface area contributed by atoms with Crippen LogP contribution in [0.25, 0.3) is 17.2 Å². The predicted molar refractivity (Wildman–Crippen MR) is 115 cm³/mol. The zero-order valence-electron chi connectivity index (χ0n) is 17.3. The number of aromatic nitrogens is 1. The van der Waals surface area contributed by atoms with Crippen LogP contribution in [0, 0.1) is 35.4 Å². The Balaban J connectivity index is 1.39. The van der Waals surface area contributed by atoms with Crippen molar-refractivity contribution in [1.29, 1.82) is 0 Å². The van der Waals surface area contributed by atoms with Crippen LogP contribution in [0.1, 0.15) is 44.7 Å². The number of carbonyl (C=O) groups is 1. The van der Waals surface area contributed by atoms with Gasteiger partial charge in [0.2, 0.25) is 0 Å². The number of benzene rings is 1. The van der Waals surface area contributed by atoms with E-state index < -0.39 is 0 Å². The van der Waals surface area contributed by atoms with E-state index >= 15 is 0 Å². The van der Waals surface area contributed by atoms with E-state index in [1.54, 1.807) is 12.3 Å². The van der Waals surface area contributed by atoms with Gasteiger partial charge >= 0.3 is 5.97 Å². The van der Waals surface area contributed by atoms with Crippen molar-refractivity contribution < 1.29 is 13.9 Å². The maximum Gasteiger partial charge on any atom is 0.309 e. The largest absolute Gasteiger partial charge is 0.462 e. The zero-order chi connectivity index (χ0) is 20.7. The van der Waals surface area contributed by atoms with Crippen LogP contribution < -0.4 is 0 Å². The summed E-state index contributed by atoms with van der Waals surface area (Å²) in [5, 5.41) is 0. The number of fused-ring (bicyclic) bond motifs is 2. The van der Waals surface area contributed by atoms with Crippen molar-refractivity contribution in [3.63, 3.8) is 0 Å². The monoisotopic (exact) mass is 405 g/mol. The number of nitrogens with zero attached hydrogens (tertiary/aromatic N) is 1. The molecule has 5 rings (SSSR count). The van der Waals surface area contributed by atoms with E-state index in [1.165, 1.54) is 37.8 Å². The molecular weight excluding hydrogens is 377 g/mol. The van der Waals surface area contributed by atoms with E-state index in [0.717, 1.165) is 23.2 Å². The van der Waals surface area contributed by atoms with Gasteiger partial charge in [-0.1, -0.05) is 43.5 Å². The van der Waals surface area contributed by atoms with Crippen LogP contribution in [0.4, 0.5) is 4.39 Å². The Morgan fingerprint density at radius 2 is 2.00 bits per heavy atom. The number of hydrogen-bond donors (Lipinski definition) is 0. The number of cyclic esters (lactones) is 1. The smallest absolute Gasteiger partial charge is 0.309 e. The van der Waals surface area contributed by atoms with Crippen LogP contribution in [0.15, 0.2) is 48.7 Å². The van der Waals surface area contributed by atoms with Gasteiger partial charge in [-0.05, 0) is 67.4 Å². The highest BCUT2D eigenvalue weighted by molar-refractivity contribution is 5.75. The highest BCUT2D eigenvalue weighted by atomic mass is 19.1. The average molecular weight is 406 g/mol. The summed E-state index contributed by atoms with van der Waals surface area (Å²) in [6.07, 6.45) is 12.2. The number of halogens is 1. The van der Waals surface area contributed by atoms with E-state index in [2.05, 4.69) is 24.1 Å². The predicted octanol–water partition coefficient (Wildman–Crippen LogP) is 5.90. The molecule has 3 fully saturated rings. The summed E-state index contributed by atoms with van der Waals surface area (Å²) in [6.45, 7) is 2.05. The number of hydrogen-bond acceptors (Lipinski definition) is 3. The Hall–Kier alpha value is -2.49. The number of pyridine rings is 1. The summed E-state index contributed by atoms with van der Waals surface area (Å²) >= 11 is 0. The third-order valence-corrected chi connectivity index (χ3v) is 7.51. The molecule has 1 aliphatic heterocycles. The fraction of sp³-hybridized carbons (Fsp3) is 0.462. The standard InChI is InChI=1S/C26H28FNO2/c1-16-25-23(22-8-3-2-5-18(22)14-24(25)26(29)30-16)12-11-21-10-9-19(15-28-21)17-6-4-7-20(27)13-17/h4,6-7,9-13,15-16,18,22-25H,2-3,5,8,14H2,1H3/b12-11+/t16-,18?,22?,23?,24-,25?/m1/s1. The fourth-order valence-electron chi connectivity index (χ4n) is 6.14. The molecule has 3 nitrogen and oxygen atoms in total. The van der Waals surface area contributed by atoms with Gasteiger partial charge in [0.25, 0.3) is 0 Å². The van der Waals surface area contributed by atoms with Gasteiger partial charge in [0, 0.05) is 17.7 Å². The number of allylic oxidation sites excluding steroid dienone is 1. The molecular formula is C26H28FNO2. The Kier molecular flexibility index (Phi) is 5.18. The second kappa shape index (κ2) is 7.98. The Morgan fingerprint density at radius 1 is 1.13 bits per heavy atom. The number of esters is 1. The van der Waals surface area contributed by atoms with Crippen LogP contribution in [0.5, 0.6) is 0 Å². The highest BCUT2D eigenvalue weighted by Gasteiger charge is 2.53. The van der Waals surface area contributed by atoms with Crippen molar-refractivity contribution >= 4 is 12.0 Å². The third kappa shape index (κ3) is 3.57. The summed E-state index contributed by atoms with van der Waals surface area (Å²) in [6, 6.07) is 10.5. The molecule has 1 saturated heterocycles. The Labute approximate surface area is 177 Å². The van der Waals surface area contributed by atoms with E-state index in [4.69, 9.17) is 4.74 Å². The molecule has 3 aliphatic rings. The SMILES string of the molecule is C[C@H]1OC(=O)[C@@H]2CC3CCCCC3C(/C=C/c3ccc(-c4cccc(F)c4)cn3)C12. The Bertz CT molecular complexity index is 954. The molecule has 0 radical (unpaired) electrons. The van der Waals surface area contributed by atoms with Crippen LogP contribution in [0.2, 0.25) is 0 Å². The number of ether oxygens (including phenoxy) is 1. The minimum Gasteiger partial charge on any atom is -0.462 e. The lowest BCUT2D eigenvalue weighted by atomic mass is 9.57. The molecule has 0 spiro atoms. The van der Waals surface area contributed by atoms with E-state index in [1.807, 2.05) is 18.2 Å². The van der Waals surface area contributed by atoms with Gasteiger partial charge in [-0.3, -0.25) is 9.78 Å². The van der Waals surface area contributed by atoms with Crippen molar-refractivity contribution in [2.75, 3.05) is 0 Å². The highest BCUT2D eigenvalue weighted by Crippen LogP contribution is 2.53. The Morgan fingerprint density at radius 3 is 2.80 bits per heavy atom. The van der Waals surface area contributed by atoms with Crippen LogP contribution in [-0.4, -0.2) is 17.1 Å². The zero-order valence-corrected chi connectivity index (χ0v) is 17.3. The molecule has 4 heteroatoms. The maximum absolute atomic E-state index is 13.5. The summed E-state index contributed by atoms with van der Waals surface area (Å²) in [4.78, 5) is 17.0. The van der Waals surface area contributed by atoms with Gasteiger partial charge in [-0.25, -0.2) is 4.39 Å². The summed E-state index contributed by atoms with van der Waals surface area (Å²) in [5.41, 5.74) is 2.62. The first-order valence-electron chi connectivity index (χ1n) is 11.2. The van der Waals surface area contributed by atoms with Crippen LogP contribution in [-0.2, 0) is 9.53 Å². The quantitative estimate of drug-likeness (QED) is 0.597. The normalized spacial score (nSPS) is 33.2. The van der Waals surface area contributed by atoms with Crippen molar-refractivity contribution in [2.45, 2.75) is 45.1 Å². The lowest BCUT2D eigenvalue weighted by Crippen LogP contribution is -2.42. The molecule has 0 amide bonds. The van der Waals surface area contributed by atoms with Gasteiger partial charge in [0.15, 0.2) is 0 Å². The first-order chi connectivity index (χ1) is 14.6. The number of carbonyl (C=O) groups excluding carboxylic acids is 1. The molecule has 0 N–H and O–H groups in total. The molecule has 2 heterocycles. The summed E-state index contributed by atoms with van der Waals surface area (Å²) < 4.78 is 19.1. The summed E-state index contributed by atoms with van der Waals surface area (Å²) in [5.74, 6) is 1.73. The average Bonchev–Trinajstić information content (AvgIpc) is 3.05. The van der Waals surface area contributed by atoms with Crippen LogP contribution >= 0.6 is 0 Å². The summed E-state index contributed by atoms with van der Waals surface area (Å²) in [7, 11) is 0. The lowest BCUT2D eigenvalue weighted by Gasteiger charge is -2.45. The molecule has 1 aromatic carbocycles. The first kappa shape index (κ1) is 19.5. The molecule has 30 heavy (non-hydrogen) atoms. The minimum atomic E-state index is -0.243. The molecule has 156 valence electrons. The molecule has 6 atom stereocenters. The van der Waals surface area contributed by atoms with Crippen molar-refractivity contribution in [3.05, 3.63) is 60.2 Å². The van der Waals surface area contributed by atoms with Gasteiger partial charge in [-0.15, -0.1) is 0 Å². The second-order valence-corrected chi connectivity index (χ2v) is 9.19. The number of rotatable bonds is 3. The topological polar surface area (TPSA) is 39.2 Å². The second-order valence-electron chi connectivity index (χ2n) is 9.19. The van der Waals surface area contributed by atoms with E-state index in [9.17, 15) is 9.18 Å². The van der Waals surface area contributed by atoms with Crippen LogP contribution in [0.3, 0.4) is 0 Å². The molecule has 1 aromatic heterocycles. The molecule has 0 bridgehead atoms. The van der Waals surface area contributed by atoms with Gasteiger partial charge in [0.1, 0.15) is 11.9 Å². The molecule has 2 aromatic rings. The molecule has 4 unspecified atom stereocenters. The first-order valence-corrected chi connectivity index (χ1v) is 11.2. The molecule has 2 saturated carbocycles. The van der Waals surface area contributed by atoms with Crippen molar-refractivity contribution in [1.82, 2.24) is 4.98 Å². The fourth-order valence-corrected chi connectivity index (χ4v) is 6.14. The third-order valence-electron chi connectivity index (χ3n) is 7.51. The van der Waals surface area contributed by atoms with Gasteiger partial charge in [0.05, 0.1) is 11.6 Å².